The number of likely N-dealkylation sites (tertiary alicyclic amines) is 1. The first-order valence-electron chi connectivity index (χ1n) is 9.40. The fourth-order valence-corrected chi connectivity index (χ4v) is 3.44. The van der Waals surface area contributed by atoms with Gasteiger partial charge in [0.2, 0.25) is 0 Å². The summed E-state index contributed by atoms with van der Waals surface area (Å²) in [6.45, 7) is 2.84. The molecule has 0 radical (unpaired) electrons. The molecule has 3 heterocycles. The molecule has 0 amide bonds. The van der Waals surface area contributed by atoms with Gasteiger partial charge in [-0.15, -0.1) is 0 Å². The minimum absolute atomic E-state index is 0.183. The molecule has 1 saturated heterocycles. The van der Waals surface area contributed by atoms with Crippen molar-refractivity contribution in [3.63, 3.8) is 0 Å². The molecular weight excluding hydrogens is 369 g/mol. The van der Waals surface area contributed by atoms with Crippen molar-refractivity contribution in [3.05, 3.63) is 30.7 Å². The van der Waals surface area contributed by atoms with Crippen LogP contribution in [0.5, 0.6) is 0 Å². The van der Waals surface area contributed by atoms with E-state index >= 15 is 0 Å². The molecule has 28 heavy (non-hydrogen) atoms. The summed E-state index contributed by atoms with van der Waals surface area (Å²) < 4.78 is 37.6. The Balaban J connectivity index is 1.61. The Labute approximate surface area is 162 Å². The summed E-state index contributed by atoms with van der Waals surface area (Å²) in [4.78, 5) is 16.5. The summed E-state index contributed by atoms with van der Waals surface area (Å²) in [6, 6.07) is 5.94. The summed E-state index contributed by atoms with van der Waals surface area (Å²) >= 11 is 0. The van der Waals surface area contributed by atoms with Gasteiger partial charge in [0.25, 0.3) is 0 Å². The van der Waals surface area contributed by atoms with Crippen LogP contribution in [0, 0.1) is 0 Å². The van der Waals surface area contributed by atoms with Crippen LogP contribution in [0.15, 0.2) is 30.7 Å². The molecule has 2 aromatic rings. The Morgan fingerprint density at radius 1 is 1.18 bits per heavy atom. The molecule has 1 fully saturated rings. The van der Waals surface area contributed by atoms with E-state index in [0.717, 1.165) is 29.4 Å². The summed E-state index contributed by atoms with van der Waals surface area (Å²) in [6.07, 6.45) is 0.524. The van der Waals surface area contributed by atoms with E-state index in [1.807, 2.05) is 32.2 Å². The highest BCUT2D eigenvalue weighted by atomic mass is 19.4. The van der Waals surface area contributed by atoms with Gasteiger partial charge >= 0.3 is 6.18 Å². The Bertz CT molecular complexity index is 757. The lowest BCUT2D eigenvalue weighted by molar-refractivity contribution is -0.147. The number of hydrogen-bond donors (Lipinski definition) is 1. The van der Waals surface area contributed by atoms with Crippen molar-refractivity contribution >= 4 is 11.6 Å². The van der Waals surface area contributed by atoms with Gasteiger partial charge in [-0.3, -0.25) is 4.90 Å². The predicted octanol–water partition coefficient (Wildman–Crippen LogP) is 3.43. The molecule has 0 unspecified atom stereocenters. The maximum absolute atomic E-state index is 12.5. The lowest BCUT2D eigenvalue weighted by Gasteiger charge is -2.37. The van der Waals surface area contributed by atoms with Crippen molar-refractivity contribution in [2.45, 2.75) is 32.0 Å². The number of hydrogen-bond acceptors (Lipinski definition) is 6. The Kier molecular flexibility index (Phi) is 6.33. The highest BCUT2D eigenvalue weighted by Gasteiger charge is 2.33. The Hall–Kier alpha value is -2.42. The maximum Gasteiger partial charge on any atom is 0.401 e. The number of nitrogens with one attached hydrogen (secondary N) is 1. The zero-order chi connectivity index (χ0) is 20.1. The number of alkyl halides is 3. The van der Waals surface area contributed by atoms with Crippen LogP contribution < -0.4 is 10.2 Å². The number of rotatable bonds is 6. The molecule has 9 heteroatoms. The summed E-state index contributed by atoms with van der Waals surface area (Å²) in [5.74, 6) is 1.57. The van der Waals surface area contributed by atoms with E-state index in [9.17, 15) is 13.2 Å². The standard InChI is InChI=1S/C19H25F3N6/c1-3-23-17-10-16(25-13-26-17)14-4-5-18(24-11-14)27(2)15-6-8-28(9-7-15)12-19(20,21)22/h4-5,10-11,13,15H,3,6-9,12H2,1-2H3,(H,23,25,26). The highest BCUT2D eigenvalue weighted by molar-refractivity contribution is 5.62. The van der Waals surface area contributed by atoms with E-state index in [1.165, 1.54) is 11.2 Å². The van der Waals surface area contributed by atoms with Gasteiger partial charge in [-0.05, 0) is 31.9 Å². The zero-order valence-electron chi connectivity index (χ0n) is 16.1. The summed E-state index contributed by atoms with van der Waals surface area (Å²) in [5, 5.41) is 3.15. The number of nitrogens with zero attached hydrogens (tertiary/aromatic N) is 5. The number of pyridine rings is 1. The molecule has 6 nitrogen and oxygen atoms in total. The van der Waals surface area contributed by atoms with Crippen LogP contribution in [0.25, 0.3) is 11.3 Å². The number of piperidine rings is 1. The molecule has 1 aliphatic rings. The molecule has 0 aliphatic carbocycles. The lowest BCUT2D eigenvalue weighted by atomic mass is 10.0. The fourth-order valence-electron chi connectivity index (χ4n) is 3.44. The van der Waals surface area contributed by atoms with Crippen molar-refractivity contribution in [2.75, 3.05) is 43.4 Å². The molecule has 1 aliphatic heterocycles. The van der Waals surface area contributed by atoms with Crippen LogP contribution in [0.3, 0.4) is 0 Å². The second-order valence-electron chi connectivity index (χ2n) is 6.96. The molecule has 0 atom stereocenters. The minimum Gasteiger partial charge on any atom is -0.370 e. The van der Waals surface area contributed by atoms with E-state index in [-0.39, 0.29) is 6.04 Å². The third-order valence-electron chi connectivity index (χ3n) is 4.94. The van der Waals surface area contributed by atoms with Gasteiger partial charge < -0.3 is 10.2 Å². The topological polar surface area (TPSA) is 57.2 Å². The third-order valence-corrected chi connectivity index (χ3v) is 4.94. The Morgan fingerprint density at radius 2 is 1.93 bits per heavy atom. The molecule has 0 spiro atoms. The van der Waals surface area contributed by atoms with Crippen molar-refractivity contribution in [2.24, 2.45) is 0 Å². The number of aromatic nitrogens is 3. The maximum atomic E-state index is 12.5. The number of anilines is 2. The van der Waals surface area contributed by atoms with Gasteiger partial charge in [-0.2, -0.15) is 13.2 Å². The van der Waals surface area contributed by atoms with Crippen LogP contribution in [-0.4, -0.2) is 65.3 Å². The van der Waals surface area contributed by atoms with Gasteiger partial charge in [-0.25, -0.2) is 15.0 Å². The van der Waals surface area contributed by atoms with Gasteiger partial charge in [-0.1, -0.05) is 0 Å². The van der Waals surface area contributed by atoms with Gasteiger partial charge in [0.05, 0.1) is 12.2 Å². The molecule has 3 rings (SSSR count). The molecule has 0 aromatic carbocycles. The first kappa shape index (κ1) is 20.3. The van der Waals surface area contributed by atoms with E-state index in [2.05, 4.69) is 25.2 Å². The van der Waals surface area contributed by atoms with Gasteiger partial charge in [0.15, 0.2) is 0 Å². The van der Waals surface area contributed by atoms with E-state index in [0.29, 0.717) is 25.9 Å². The van der Waals surface area contributed by atoms with Crippen LogP contribution >= 0.6 is 0 Å². The fraction of sp³-hybridized carbons (Fsp3) is 0.526. The first-order chi connectivity index (χ1) is 13.4. The Morgan fingerprint density at radius 3 is 2.54 bits per heavy atom. The smallest absolute Gasteiger partial charge is 0.370 e. The van der Waals surface area contributed by atoms with Gasteiger partial charge in [0.1, 0.15) is 18.0 Å². The first-order valence-corrected chi connectivity index (χ1v) is 9.40. The summed E-state index contributed by atoms with van der Waals surface area (Å²) in [7, 11) is 1.94. The van der Waals surface area contributed by atoms with E-state index in [4.69, 9.17) is 0 Å². The predicted molar refractivity (Wildman–Crippen MR) is 103 cm³/mol. The average molecular weight is 394 g/mol. The lowest BCUT2D eigenvalue weighted by Crippen LogP contribution is -2.46. The molecule has 2 aromatic heterocycles. The largest absolute Gasteiger partial charge is 0.401 e. The molecule has 0 bridgehead atoms. The zero-order valence-corrected chi connectivity index (χ0v) is 16.1. The van der Waals surface area contributed by atoms with E-state index in [1.54, 1.807) is 6.20 Å². The molecular formula is C19H25F3N6. The second kappa shape index (κ2) is 8.72. The normalized spacial score (nSPS) is 16.2. The average Bonchev–Trinajstić information content (AvgIpc) is 2.67. The second-order valence-corrected chi connectivity index (χ2v) is 6.96. The van der Waals surface area contributed by atoms with Crippen LogP contribution in [0.4, 0.5) is 24.8 Å². The summed E-state index contributed by atoms with van der Waals surface area (Å²) in [5.41, 5.74) is 1.67. The highest BCUT2D eigenvalue weighted by Crippen LogP contribution is 2.25. The van der Waals surface area contributed by atoms with Crippen molar-refractivity contribution in [1.29, 1.82) is 0 Å². The quantitative estimate of drug-likeness (QED) is 0.810. The molecule has 1 N–H and O–H groups in total. The SMILES string of the molecule is CCNc1cc(-c2ccc(N(C)C3CCN(CC(F)(F)F)CC3)nc2)ncn1. The van der Waals surface area contributed by atoms with E-state index < -0.39 is 12.7 Å². The van der Waals surface area contributed by atoms with Gasteiger partial charge in [0, 0.05) is 50.6 Å². The van der Waals surface area contributed by atoms with Crippen molar-refractivity contribution < 1.29 is 13.2 Å². The minimum atomic E-state index is -4.14. The van der Waals surface area contributed by atoms with Crippen LogP contribution in [0.1, 0.15) is 19.8 Å². The van der Waals surface area contributed by atoms with Crippen LogP contribution in [0.2, 0.25) is 0 Å². The third kappa shape index (κ3) is 5.31. The molecule has 152 valence electrons. The molecule has 0 saturated carbocycles. The van der Waals surface area contributed by atoms with Crippen molar-refractivity contribution in [1.82, 2.24) is 19.9 Å². The number of halogens is 3. The van der Waals surface area contributed by atoms with Crippen LogP contribution in [-0.2, 0) is 0 Å². The monoisotopic (exact) mass is 394 g/mol. The van der Waals surface area contributed by atoms with Crippen molar-refractivity contribution in [3.8, 4) is 11.3 Å².